The predicted octanol–water partition coefficient (Wildman–Crippen LogP) is 0.280. The zero-order valence-electron chi connectivity index (χ0n) is 9.77. The third-order valence-corrected chi connectivity index (χ3v) is 3.04. The molecular weight excluding hydrogens is 220 g/mol. The third-order valence-electron chi connectivity index (χ3n) is 3.04. The first-order chi connectivity index (χ1) is 8.08. The molecule has 0 aromatic carbocycles. The Bertz CT molecular complexity index is 473. The molecule has 1 aromatic heterocycles. The number of nitrogens with zero attached hydrogens (tertiary/aromatic N) is 1. The van der Waals surface area contributed by atoms with Crippen LogP contribution in [0, 0.1) is 6.92 Å². The van der Waals surface area contributed by atoms with E-state index in [1.165, 1.54) is 0 Å². The molecule has 1 aliphatic heterocycles. The molecule has 5 nitrogen and oxygen atoms in total. The van der Waals surface area contributed by atoms with Crippen molar-refractivity contribution in [3.63, 3.8) is 0 Å². The average molecular weight is 236 g/mol. The number of hydrogen-bond acceptors (Lipinski definition) is 3. The van der Waals surface area contributed by atoms with Gasteiger partial charge in [-0.3, -0.25) is 9.59 Å². The van der Waals surface area contributed by atoms with Crippen molar-refractivity contribution < 1.29 is 9.90 Å². The molecule has 0 unspecified atom stereocenters. The van der Waals surface area contributed by atoms with Gasteiger partial charge in [-0.2, -0.15) is 0 Å². The van der Waals surface area contributed by atoms with Crippen LogP contribution >= 0.6 is 0 Å². The monoisotopic (exact) mass is 236 g/mol. The van der Waals surface area contributed by atoms with E-state index in [4.69, 9.17) is 0 Å². The number of aromatic amines is 1. The Kier molecular flexibility index (Phi) is 3.28. The number of nitrogens with one attached hydrogen (secondary N) is 1. The van der Waals surface area contributed by atoms with Crippen molar-refractivity contribution >= 4 is 5.91 Å². The molecule has 1 fully saturated rings. The highest BCUT2D eigenvalue weighted by Crippen LogP contribution is 2.12. The van der Waals surface area contributed by atoms with Gasteiger partial charge in [-0.1, -0.05) is 0 Å². The maximum Gasteiger partial charge on any atom is 0.260 e. The van der Waals surface area contributed by atoms with Crippen molar-refractivity contribution in [3.8, 4) is 0 Å². The van der Waals surface area contributed by atoms with Crippen molar-refractivity contribution in [3.05, 3.63) is 33.7 Å². The predicted molar refractivity (Wildman–Crippen MR) is 62.9 cm³/mol. The Morgan fingerprint density at radius 1 is 1.41 bits per heavy atom. The topological polar surface area (TPSA) is 73.4 Å². The van der Waals surface area contributed by atoms with Gasteiger partial charge >= 0.3 is 0 Å². The molecule has 0 aliphatic carbocycles. The smallest absolute Gasteiger partial charge is 0.260 e. The standard InChI is InChI=1S/C12H16N2O3/c1-8-2-3-10(11(16)13-8)12(17)14-6-4-9(15)5-7-14/h2-3,9,15H,4-7H2,1H3,(H,13,16). The van der Waals surface area contributed by atoms with E-state index < -0.39 is 0 Å². The van der Waals surface area contributed by atoms with Gasteiger partial charge in [0.1, 0.15) is 5.56 Å². The van der Waals surface area contributed by atoms with Gasteiger partial charge in [0.15, 0.2) is 0 Å². The number of aryl methyl sites for hydroxylation is 1. The SMILES string of the molecule is Cc1ccc(C(=O)N2CCC(O)CC2)c(=O)[nH]1. The van der Waals surface area contributed by atoms with Gasteiger partial charge in [0.05, 0.1) is 6.10 Å². The van der Waals surface area contributed by atoms with Crippen LogP contribution in [0.3, 0.4) is 0 Å². The number of pyridine rings is 1. The maximum absolute atomic E-state index is 12.1. The summed E-state index contributed by atoms with van der Waals surface area (Å²) in [7, 11) is 0. The van der Waals surface area contributed by atoms with Crippen LogP contribution in [0.25, 0.3) is 0 Å². The highest BCUT2D eigenvalue weighted by Gasteiger charge is 2.23. The molecule has 0 saturated carbocycles. The second-order valence-corrected chi connectivity index (χ2v) is 4.41. The molecule has 17 heavy (non-hydrogen) atoms. The third kappa shape index (κ3) is 2.55. The lowest BCUT2D eigenvalue weighted by Gasteiger charge is -2.29. The van der Waals surface area contributed by atoms with Crippen molar-refractivity contribution in [2.45, 2.75) is 25.9 Å². The lowest BCUT2D eigenvalue weighted by atomic mass is 10.1. The van der Waals surface area contributed by atoms with E-state index in [-0.39, 0.29) is 23.1 Å². The van der Waals surface area contributed by atoms with Crippen molar-refractivity contribution in [2.75, 3.05) is 13.1 Å². The highest BCUT2D eigenvalue weighted by atomic mass is 16.3. The molecular formula is C12H16N2O3. The molecule has 92 valence electrons. The van der Waals surface area contributed by atoms with E-state index in [1.54, 1.807) is 24.0 Å². The summed E-state index contributed by atoms with van der Waals surface area (Å²) in [4.78, 5) is 27.9. The number of hydrogen-bond donors (Lipinski definition) is 2. The second-order valence-electron chi connectivity index (χ2n) is 4.41. The van der Waals surface area contributed by atoms with Gasteiger partial charge in [-0.25, -0.2) is 0 Å². The zero-order chi connectivity index (χ0) is 12.4. The number of H-pyrrole nitrogens is 1. The number of carbonyl (C=O) groups excluding carboxylic acids is 1. The van der Waals surface area contributed by atoms with Gasteiger partial charge in [0, 0.05) is 18.8 Å². The summed E-state index contributed by atoms with van der Waals surface area (Å²) in [5.74, 6) is -0.252. The molecule has 2 rings (SSSR count). The lowest BCUT2D eigenvalue weighted by Crippen LogP contribution is -2.41. The highest BCUT2D eigenvalue weighted by molar-refractivity contribution is 5.93. The molecule has 1 saturated heterocycles. The van der Waals surface area contributed by atoms with Crippen LogP contribution in [0.15, 0.2) is 16.9 Å². The number of aliphatic hydroxyl groups is 1. The van der Waals surface area contributed by atoms with E-state index in [0.717, 1.165) is 5.69 Å². The fourth-order valence-corrected chi connectivity index (χ4v) is 1.98. The number of aliphatic hydroxyl groups excluding tert-OH is 1. The number of amides is 1. The normalized spacial score (nSPS) is 17.2. The van der Waals surface area contributed by atoms with Gasteiger partial charge in [-0.05, 0) is 31.9 Å². The summed E-state index contributed by atoms with van der Waals surface area (Å²) in [5.41, 5.74) is 0.564. The number of likely N-dealkylation sites (tertiary alicyclic amines) is 1. The molecule has 1 aromatic rings. The van der Waals surface area contributed by atoms with Crippen LogP contribution in [0.5, 0.6) is 0 Å². The Morgan fingerprint density at radius 3 is 2.65 bits per heavy atom. The zero-order valence-corrected chi connectivity index (χ0v) is 9.77. The van der Waals surface area contributed by atoms with Crippen molar-refractivity contribution in [1.82, 2.24) is 9.88 Å². The molecule has 1 aliphatic rings. The average Bonchev–Trinajstić information content (AvgIpc) is 2.29. The second kappa shape index (κ2) is 4.71. The minimum Gasteiger partial charge on any atom is -0.393 e. The van der Waals surface area contributed by atoms with Gasteiger partial charge in [0.2, 0.25) is 0 Å². The maximum atomic E-state index is 12.1. The molecule has 2 heterocycles. The lowest BCUT2D eigenvalue weighted by molar-refractivity contribution is 0.0545. The number of rotatable bonds is 1. The molecule has 0 spiro atoms. The molecule has 5 heteroatoms. The quantitative estimate of drug-likeness (QED) is 0.735. The number of carbonyl (C=O) groups is 1. The number of aromatic nitrogens is 1. The van der Waals surface area contributed by atoms with E-state index >= 15 is 0 Å². The molecule has 1 amide bonds. The van der Waals surface area contributed by atoms with Crippen LogP contribution < -0.4 is 5.56 Å². The number of piperidine rings is 1. The summed E-state index contributed by atoms with van der Waals surface area (Å²) in [6.45, 7) is 2.79. The van der Waals surface area contributed by atoms with Crippen LogP contribution in [-0.4, -0.2) is 40.1 Å². The Morgan fingerprint density at radius 2 is 2.06 bits per heavy atom. The van der Waals surface area contributed by atoms with E-state index in [2.05, 4.69) is 4.98 Å². The molecule has 0 bridgehead atoms. The summed E-state index contributed by atoms with van der Waals surface area (Å²) >= 11 is 0. The molecule has 0 atom stereocenters. The van der Waals surface area contributed by atoms with Crippen molar-refractivity contribution in [1.29, 1.82) is 0 Å². The molecule has 2 N–H and O–H groups in total. The summed E-state index contributed by atoms with van der Waals surface area (Å²) in [6, 6.07) is 3.27. The largest absolute Gasteiger partial charge is 0.393 e. The van der Waals surface area contributed by atoms with Crippen LogP contribution in [0.2, 0.25) is 0 Å². The van der Waals surface area contributed by atoms with Crippen LogP contribution in [-0.2, 0) is 0 Å². The Labute approximate surface area is 99.1 Å². The van der Waals surface area contributed by atoms with Crippen molar-refractivity contribution in [2.24, 2.45) is 0 Å². The van der Waals surface area contributed by atoms with E-state index in [9.17, 15) is 14.7 Å². The van der Waals surface area contributed by atoms with Crippen LogP contribution in [0.1, 0.15) is 28.9 Å². The van der Waals surface area contributed by atoms with Gasteiger partial charge in [-0.15, -0.1) is 0 Å². The first-order valence-electron chi connectivity index (χ1n) is 5.75. The fraction of sp³-hybridized carbons (Fsp3) is 0.500. The Hall–Kier alpha value is -1.62. The van der Waals surface area contributed by atoms with Crippen LogP contribution in [0.4, 0.5) is 0 Å². The van der Waals surface area contributed by atoms with E-state index in [0.29, 0.717) is 25.9 Å². The summed E-state index contributed by atoms with van der Waals surface area (Å²) < 4.78 is 0. The first kappa shape index (κ1) is 11.9. The van der Waals surface area contributed by atoms with Gasteiger partial charge in [0.25, 0.3) is 11.5 Å². The summed E-state index contributed by atoms with van der Waals surface area (Å²) in [5, 5.41) is 9.36. The minimum atomic E-state index is -0.346. The Balaban J connectivity index is 2.17. The summed E-state index contributed by atoms with van der Waals surface area (Å²) in [6.07, 6.45) is 0.834. The van der Waals surface area contributed by atoms with E-state index in [1.807, 2.05) is 0 Å². The molecule has 0 radical (unpaired) electrons. The van der Waals surface area contributed by atoms with Gasteiger partial charge < -0.3 is 15.0 Å². The first-order valence-corrected chi connectivity index (χ1v) is 5.75. The minimum absolute atomic E-state index is 0.173. The fourth-order valence-electron chi connectivity index (χ4n) is 1.98.